The molecule has 9 aromatic rings. The minimum absolute atomic E-state index is 0.140. The van der Waals surface area contributed by atoms with Crippen LogP contribution in [0, 0.1) is 0 Å². The standard InChI is InChI=1S/C80H84I2N6/c1-75(2,3)51-36-48(37-52(42-51)76(4,5)6)67-61-30-32-63(85-61)68(49-38-53(77(7,8)9)43-54(39-49)78(10,11)12)65-45-57(59-28-22-24-34-83-59)73(87-65)70(72(82)71(81)47-26-20-19-21-27-47)74-58(60-29-23-25-35-84-60)46-66(88-74)69(64-33-31-62(67)86-64)50-40-55(79(13,14)15)44-56(41-50)80(16,17)18/h19-46,85,88H,1-18H3/b67-61?,67-62?,68-63?,68-65?,69-64?,69-66?,72-71+,73-70?,74-70?. The monoisotopic (exact) mass is 1380 g/mol. The lowest BCUT2D eigenvalue weighted by atomic mass is 9.78. The van der Waals surface area contributed by atoms with Crippen molar-refractivity contribution in [3.05, 3.63) is 225 Å². The molecule has 0 saturated heterocycles. The third kappa shape index (κ3) is 12.6. The third-order valence-electron chi connectivity index (χ3n) is 17.2. The molecule has 448 valence electrons. The molecule has 7 heterocycles. The number of hydrogen-bond donors (Lipinski definition) is 2. The number of benzene rings is 4. The van der Waals surface area contributed by atoms with Crippen LogP contribution in [0.15, 0.2) is 152 Å². The molecule has 0 amide bonds. The number of pyridine rings is 2. The second-order valence-electron chi connectivity index (χ2n) is 30.2. The first kappa shape index (κ1) is 62.6. The van der Waals surface area contributed by atoms with Crippen LogP contribution in [0.3, 0.4) is 0 Å². The lowest BCUT2D eigenvalue weighted by Gasteiger charge is -2.26. The molecule has 0 saturated carbocycles. The van der Waals surface area contributed by atoms with Gasteiger partial charge in [0.25, 0.3) is 0 Å². The molecule has 8 bridgehead atoms. The molecule has 6 nitrogen and oxygen atoms in total. The number of rotatable bonds is 7. The van der Waals surface area contributed by atoms with Crippen LogP contribution in [-0.4, -0.2) is 29.9 Å². The molecule has 8 heteroatoms. The summed E-state index contributed by atoms with van der Waals surface area (Å²) in [6.07, 6.45) is 10.6. The van der Waals surface area contributed by atoms with Crippen LogP contribution in [0.5, 0.6) is 0 Å². The van der Waals surface area contributed by atoms with Crippen molar-refractivity contribution < 1.29 is 0 Å². The van der Waals surface area contributed by atoms with Crippen molar-refractivity contribution >= 4 is 98.2 Å². The van der Waals surface area contributed by atoms with Gasteiger partial charge in [0.1, 0.15) is 0 Å². The van der Waals surface area contributed by atoms with E-state index < -0.39 is 0 Å². The van der Waals surface area contributed by atoms with E-state index in [9.17, 15) is 0 Å². The van der Waals surface area contributed by atoms with Crippen molar-refractivity contribution in [2.24, 2.45) is 0 Å². The van der Waals surface area contributed by atoms with Gasteiger partial charge in [-0.05, 0) is 194 Å². The molecule has 0 spiro atoms. The average molecular weight is 1380 g/mol. The van der Waals surface area contributed by atoms with Crippen LogP contribution >= 0.6 is 45.2 Å². The van der Waals surface area contributed by atoms with Gasteiger partial charge in [0.2, 0.25) is 0 Å². The van der Waals surface area contributed by atoms with Gasteiger partial charge in [0.15, 0.2) is 0 Å². The molecule has 0 unspecified atom stereocenters. The normalized spacial score (nSPS) is 13.7. The summed E-state index contributed by atoms with van der Waals surface area (Å²) in [5.74, 6) is 0. The Labute approximate surface area is 550 Å². The van der Waals surface area contributed by atoms with E-state index in [1.54, 1.807) is 0 Å². The summed E-state index contributed by atoms with van der Waals surface area (Å²) in [4.78, 5) is 30.9. The van der Waals surface area contributed by atoms with Gasteiger partial charge in [0, 0.05) is 69.5 Å². The first-order valence-corrected chi connectivity index (χ1v) is 33.1. The molecule has 4 aromatic carbocycles. The fourth-order valence-corrected chi connectivity index (χ4v) is 13.1. The molecule has 88 heavy (non-hydrogen) atoms. The van der Waals surface area contributed by atoms with Crippen molar-refractivity contribution in [1.82, 2.24) is 29.9 Å². The van der Waals surface area contributed by atoms with E-state index in [1.165, 1.54) is 33.4 Å². The van der Waals surface area contributed by atoms with E-state index in [-0.39, 0.29) is 32.5 Å². The first-order chi connectivity index (χ1) is 41.2. The second kappa shape index (κ2) is 23.1. The third-order valence-corrected chi connectivity index (χ3v) is 20.4. The summed E-state index contributed by atoms with van der Waals surface area (Å²) in [7, 11) is 0. The van der Waals surface area contributed by atoms with Crippen LogP contribution in [0.2, 0.25) is 0 Å². The molecule has 2 N–H and O–H groups in total. The Bertz CT molecular complexity index is 4380. The minimum Gasteiger partial charge on any atom is -0.354 e. The molecule has 2 aliphatic heterocycles. The molecule has 2 aliphatic rings. The Morgan fingerprint density at radius 2 is 0.773 bits per heavy atom. The summed E-state index contributed by atoms with van der Waals surface area (Å²) >= 11 is 5.15. The van der Waals surface area contributed by atoms with Gasteiger partial charge in [-0.25, -0.2) is 9.97 Å². The number of fused-ring (bicyclic) bond motifs is 8. The summed E-state index contributed by atoms with van der Waals surface area (Å²) in [5, 5.41) is 0. The van der Waals surface area contributed by atoms with Gasteiger partial charge in [-0.15, -0.1) is 0 Å². The predicted octanol–water partition coefficient (Wildman–Crippen LogP) is 23.0. The summed E-state index contributed by atoms with van der Waals surface area (Å²) in [6, 6.07) is 51.6. The largest absolute Gasteiger partial charge is 0.354 e. The van der Waals surface area contributed by atoms with Crippen LogP contribution < -0.4 is 0 Å². The SMILES string of the molecule is CC(C)(C)c1cc(-c2c3nc(c(-c4cc(C(C)(C)C)cc(C(C)(C)C)c4)c4cc(-c5ccccn5)c([nH]4)c(/C(I)=C(\I)c4ccccc4)c4nc(c(-c5cc(C(C)(C)C)cc(C(C)(C)C)c5)c5ccc2[nH]5)C=C4c2ccccn2)C=C3)cc(C(C)(C)C)c1. The summed E-state index contributed by atoms with van der Waals surface area (Å²) in [5.41, 5.74) is 25.5. The summed E-state index contributed by atoms with van der Waals surface area (Å²) < 4.78 is 2.11. The van der Waals surface area contributed by atoms with Gasteiger partial charge < -0.3 is 9.97 Å². The molecular formula is C80H84I2N6. The lowest BCUT2D eigenvalue weighted by Crippen LogP contribution is -2.16. The van der Waals surface area contributed by atoms with Gasteiger partial charge in [0.05, 0.1) is 39.7 Å². The Kier molecular flexibility index (Phi) is 16.4. The Morgan fingerprint density at radius 3 is 1.18 bits per heavy atom. The number of aromatic amines is 2. The molecule has 0 aliphatic carbocycles. The lowest BCUT2D eigenvalue weighted by molar-refractivity contribution is 0.568. The summed E-state index contributed by atoms with van der Waals surface area (Å²) in [6.45, 7) is 41.7. The number of nitrogens with one attached hydrogen (secondary N) is 2. The zero-order valence-corrected chi connectivity index (χ0v) is 59.0. The van der Waals surface area contributed by atoms with E-state index in [4.69, 9.17) is 19.9 Å². The van der Waals surface area contributed by atoms with Crippen molar-refractivity contribution in [3.8, 4) is 44.6 Å². The maximum Gasteiger partial charge on any atom is 0.0836 e. The van der Waals surface area contributed by atoms with Crippen molar-refractivity contribution in [3.63, 3.8) is 0 Å². The van der Waals surface area contributed by atoms with E-state index in [2.05, 4.69) is 325 Å². The van der Waals surface area contributed by atoms with Gasteiger partial charge in [-0.3, -0.25) is 9.97 Å². The number of nitrogens with zero attached hydrogens (tertiary/aromatic N) is 4. The highest BCUT2D eigenvalue weighted by Crippen LogP contribution is 2.49. The van der Waals surface area contributed by atoms with E-state index in [0.717, 1.165) is 119 Å². The van der Waals surface area contributed by atoms with E-state index >= 15 is 0 Å². The Balaban J connectivity index is 1.47. The number of halogens is 2. The van der Waals surface area contributed by atoms with Gasteiger partial charge >= 0.3 is 0 Å². The van der Waals surface area contributed by atoms with Gasteiger partial charge in [-0.1, -0.05) is 222 Å². The molecular weight excluding hydrogens is 1300 g/mol. The molecule has 0 radical (unpaired) electrons. The van der Waals surface area contributed by atoms with Crippen LogP contribution in [0.1, 0.15) is 198 Å². The zero-order chi connectivity index (χ0) is 63.2. The smallest absolute Gasteiger partial charge is 0.0836 e. The molecule has 11 rings (SSSR count). The van der Waals surface area contributed by atoms with Crippen molar-refractivity contribution in [2.45, 2.75) is 157 Å². The first-order valence-electron chi connectivity index (χ1n) is 30.9. The number of H-pyrrole nitrogens is 2. The zero-order valence-electron chi connectivity index (χ0n) is 54.7. The van der Waals surface area contributed by atoms with Crippen LogP contribution in [0.4, 0.5) is 0 Å². The van der Waals surface area contributed by atoms with Gasteiger partial charge in [-0.2, -0.15) is 0 Å². The highest BCUT2D eigenvalue weighted by molar-refractivity contribution is 14.1. The second-order valence-corrected chi connectivity index (χ2v) is 32.4. The van der Waals surface area contributed by atoms with E-state index in [0.29, 0.717) is 0 Å². The maximum absolute atomic E-state index is 6.12. The quantitative estimate of drug-likeness (QED) is 0.156. The predicted molar refractivity (Wildman–Crippen MR) is 394 cm³/mol. The number of aromatic nitrogens is 6. The van der Waals surface area contributed by atoms with Crippen LogP contribution in [0.25, 0.3) is 97.7 Å². The molecule has 0 atom stereocenters. The molecule has 0 fully saturated rings. The fourth-order valence-electron chi connectivity index (χ4n) is 11.7. The minimum atomic E-state index is -0.161. The highest BCUT2D eigenvalue weighted by Gasteiger charge is 2.31. The average Bonchev–Trinajstić information content (AvgIpc) is 1.95. The van der Waals surface area contributed by atoms with Crippen molar-refractivity contribution in [1.29, 1.82) is 0 Å². The van der Waals surface area contributed by atoms with Crippen molar-refractivity contribution in [2.75, 3.05) is 0 Å². The molecule has 5 aromatic heterocycles. The maximum atomic E-state index is 6.12. The Morgan fingerprint density at radius 1 is 0.375 bits per heavy atom. The Hall–Kier alpha value is -7.02. The van der Waals surface area contributed by atoms with Crippen LogP contribution in [-0.2, 0) is 32.5 Å². The topological polar surface area (TPSA) is 83.1 Å². The number of hydrogen-bond acceptors (Lipinski definition) is 4. The van der Waals surface area contributed by atoms with E-state index in [1.807, 2.05) is 24.5 Å². The fraction of sp³-hybridized carbons (Fsp3) is 0.300. The highest BCUT2D eigenvalue weighted by atomic mass is 127.